The Morgan fingerprint density at radius 2 is 2.29 bits per heavy atom. The van der Waals surface area contributed by atoms with Crippen molar-refractivity contribution in [3.63, 3.8) is 0 Å². The number of fused-ring (bicyclic) bond motifs is 4. The molecule has 0 aromatic carbocycles. The summed E-state index contributed by atoms with van der Waals surface area (Å²) >= 11 is 0. The smallest absolute Gasteiger partial charge is 0.281 e. The van der Waals surface area contributed by atoms with E-state index in [4.69, 9.17) is 11.3 Å². The van der Waals surface area contributed by atoms with Crippen LogP contribution in [-0.4, -0.2) is 23.3 Å². The van der Waals surface area contributed by atoms with Gasteiger partial charge in [-0.25, -0.2) is 11.6 Å². The third kappa shape index (κ3) is 1.81. The topological polar surface area (TPSA) is 46.7 Å². The second-order valence-corrected chi connectivity index (χ2v) is 6.05. The van der Waals surface area contributed by atoms with Gasteiger partial charge in [-0.2, -0.15) is 0 Å². The van der Waals surface area contributed by atoms with E-state index in [9.17, 15) is 5.11 Å². The van der Waals surface area contributed by atoms with E-state index in [2.05, 4.69) is 9.83 Å². The van der Waals surface area contributed by atoms with Crippen LogP contribution in [0.1, 0.15) is 31.5 Å². The van der Waals surface area contributed by atoms with E-state index < -0.39 is 11.6 Å². The Morgan fingerprint density at radius 3 is 2.90 bits per heavy atom. The Bertz CT molecular complexity index is 647. The molecule has 0 spiro atoms. The number of hydrogen-bond donors (Lipinski definition) is 1. The Labute approximate surface area is 125 Å². The molecule has 2 aliphatic rings. The fourth-order valence-electron chi connectivity index (χ4n) is 4.05. The molecule has 110 valence electrons. The summed E-state index contributed by atoms with van der Waals surface area (Å²) in [7, 11) is 1.59. The highest BCUT2D eigenvalue weighted by Gasteiger charge is 2.58. The first kappa shape index (κ1) is 14.1. The molecule has 3 rings (SSSR count). The first-order chi connectivity index (χ1) is 10.1. The van der Waals surface area contributed by atoms with Crippen LogP contribution in [0.5, 0.6) is 5.88 Å². The molecule has 1 fully saturated rings. The predicted molar refractivity (Wildman–Crippen MR) is 79.8 cm³/mol. The fraction of sp³-hybridized carbons (Fsp3) is 0.529. The highest BCUT2D eigenvalue weighted by molar-refractivity contribution is 5.50. The summed E-state index contributed by atoms with van der Waals surface area (Å²) in [5.74, 6) is 0.668. The Morgan fingerprint density at radius 1 is 1.52 bits per heavy atom. The van der Waals surface area contributed by atoms with Gasteiger partial charge in [0.25, 0.3) is 5.54 Å². The molecule has 0 aliphatic heterocycles. The molecule has 0 radical (unpaired) electrons. The summed E-state index contributed by atoms with van der Waals surface area (Å²) in [6, 6.07) is 3.80. The molecular weight excluding hydrogens is 264 g/mol. The lowest BCUT2D eigenvalue weighted by atomic mass is 9.58. The van der Waals surface area contributed by atoms with Gasteiger partial charge in [0.15, 0.2) is 0 Å². The van der Waals surface area contributed by atoms with Gasteiger partial charge in [-0.05, 0) is 25.3 Å². The standard InChI is InChI=1S/C17H20N2O2/c1-5-12-11-8-14-13(6-7-15(19-14)21-4)17(12,18-3)9-10(2)16(11)20/h5-7,10-11,16,20H,8-9H2,1-2,4H3/t10?,11-,16-,17?/m1/s1. The van der Waals surface area contributed by atoms with Crippen molar-refractivity contribution >= 4 is 0 Å². The van der Waals surface area contributed by atoms with Gasteiger partial charge in [0.1, 0.15) is 0 Å². The van der Waals surface area contributed by atoms with Crippen LogP contribution in [0, 0.1) is 18.4 Å². The maximum atomic E-state index is 10.5. The lowest BCUT2D eigenvalue weighted by Gasteiger charge is -2.45. The third-order valence-corrected chi connectivity index (χ3v) is 5.01. The zero-order valence-corrected chi connectivity index (χ0v) is 12.6. The third-order valence-electron chi connectivity index (χ3n) is 5.01. The number of rotatable bonds is 1. The summed E-state index contributed by atoms with van der Waals surface area (Å²) in [4.78, 5) is 8.55. The lowest BCUT2D eigenvalue weighted by Crippen LogP contribution is -2.49. The van der Waals surface area contributed by atoms with Gasteiger partial charge in [0.05, 0.1) is 24.5 Å². The molecule has 4 heteroatoms. The van der Waals surface area contributed by atoms with Crippen molar-refractivity contribution in [3.05, 3.63) is 46.5 Å². The van der Waals surface area contributed by atoms with Crippen LogP contribution in [0.3, 0.4) is 0 Å². The minimum atomic E-state index is -0.662. The van der Waals surface area contributed by atoms with Crippen LogP contribution in [0.2, 0.25) is 0 Å². The molecule has 2 bridgehead atoms. The summed E-state index contributed by atoms with van der Waals surface area (Å²) in [6.07, 6.45) is 2.93. The van der Waals surface area contributed by atoms with E-state index in [1.807, 2.05) is 32.1 Å². The number of hydrogen-bond acceptors (Lipinski definition) is 3. The molecule has 1 heterocycles. The molecule has 21 heavy (non-hydrogen) atoms. The van der Waals surface area contributed by atoms with Gasteiger partial charge in [0.2, 0.25) is 5.88 Å². The molecule has 4 nitrogen and oxygen atoms in total. The molecule has 1 aromatic heterocycles. The minimum Gasteiger partial charge on any atom is -0.481 e. The van der Waals surface area contributed by atoms with E-state index in [1.165, 1.54) is 0 Å². The van der Waals surface area contributed by atoms with Gasteiger partial charge < -0.3 is 14.7 Å². The quantitative estimate of drug-likeness (QED) is 0.637. The van der Waals surface area contributed by atoms with Crippen LogP contribution < -0.4 is 4.74 Å². The number of aromatic nitrogens is 1. The van der Waals surface area contributed by atoms with Crippen molar-refractivity contribution in [2.75, 3.05) is 7.11 Å². The molecule has 0 saturated heterocycles. The van der Waals surface area contributed by atoms with Crippen molar-refractivity contribution in [2.45, 2.75) is 38.3 Å². The van der Waals surface area contributed by atoms with Gasteiger partial charge in [-0.15, -0.1) is 0 Å². The second kappa shape index (κ2) is 4.85. The number of pyridine rings is 1. The molecule has 2 unspecified atom stereocenters. The minimum absolute atomic E-state index is 0.0139. The van der Waals surface area contributed by atoms with E-state index in [0.717, 1.165) is 16.8 Å². The maximum absolute atomic E-state index is 10.5. The zero-order valence-electron chi connectivity index (χ0n) is 12.6. The number of aliphatic hydroxyl groups is 1. The molecular formula is C17H20N2O2. The zero-order chi connectivity index (χ0) is 15.2. The summed E-state index contributed by atoms with van der Waals surface area (Å²) < 4.78 is 5.20. The highest BCUT2D eigenvalue weighted by Crippen LogP contribution is 2.54. The monoisotopic (exact) mass is 284 g/mol. The normalized spacial score (nSPS) is 36.0. The predicted octanol–water partition coefficient (Wildman–Crippen LogP) is 2.72. The summed E-state index contributed by atoms with van der Waals surface area (Å²) in [6.45, 7) is 11.8. The van der Waals surface area contributed by atoms with Gasteiger partial charge in [0, 0.05) is 24.0 Å². The van der Waals surface area contributed by atoms with Crippen molar-refractivity contribution in [1.29, 1.82) is 0 Å². The number of ether oxygens (including phenoxy) is 1. The largest absolute Gasteiger partial charge is 0.481 e. The second-order valence-electron chi connectivity index (χ2n) is 6.05. The Balaban J connectivity index is 2.25. The first-order valence-electron chi connectivity index (χ1n) is 7.35. The van der Waals surface area contributed by atoms with Gasteiger partial charge in [-0.1, -0.05) is 13.0 Å². The van der Waals surface area contributed by atoms with Crippen molar-refractivity contribution in [2.24, 2.45) is 11.8 Å². The Kier molecular flexibility index (Phi) is 3.26. The van der Waals surface area contributed by atoms with E-state index >= 15 is 0 Å². The van der Waals surface area contributed by atoms with Crippen molar-refractivity contribution in [1.82, 2.24) is 4.98 Å². The summed E-state index contributed by atoms with van der Waals surface area (Å²) in [5, 5.41) is 10.5. The van der Waals surface area contributed by atoms with E-state index in [0.29, 0.717) is 18.7 Å². The molecule has 1 aromatic rings. The van der Waals surface area contributed by atoms with Crippen LogP contribution >= 0.6 is 0 Å². The van der Waals surface area contributed by atoms with E-state index in [-0.39, 0.29) is 11.8 Å². The average molecular weight is 284 g/mol. The molecule has 0 amide bonds. The number of allylic oxidation sites excluding steroid dienone is 1. The molecule has 2 aliphatic carbocycles. The lowest BCUT2D eigenvalue weighted by molar-refractivity contribution is 0.0289. The number of methoxy groups -OCH3 is 1. The van der Waals surface area contributed by atoms with Crippen molar-refractivity contribution < 1.29 is 9.84 Å². The number of aliphatic hydroxyl groups excluding tert-OH is 1. The van der Waals surface area contributed by atoms with Crippen LogP contribution in [0.15, 0.2) is 23.8 Å². The van der Waals surface area contributed by atoms with Crippen LogP contribution in [0.25, 0.3) is 4.85 Å². The molecule has 1 N–H and O–H groups in total. The van der Waals surface area contributed by atoms with Gasteiger partial charge in [-0.3, -0.25) is 0 Å². The highest BCUT2D eigenvalue weighted by atomic mass is 16.5. The maximum Gasteiger partial charge on any atom is 0.281 e. The van der Waals surface area contributed by atoms with Crippen molar-refractivity contribution in [3.8, 4) is 5.88 Å². The Hall–Kier alpha value is -1.86. The van der Waals surface area contributed by atoms with E-state index in [1.54, 1.807) is 7.11 Å². The molecule has 4 atom stereocenters. The van der Waals surface area contributed by atoms with Gasteiger partial charge >= 0.3 is 0 Å². The average Bonchev–Trinajstić information content (AvgIpc) is 2.51. The first-order valence-corrected chi connectivity index (χ1v) is 7.35. The molecule has 1 saturated carbocycles. The summed E-state index contributed by atoms with van der Waals surface area (Å²) in [5.41, 5.74) is 2.28. The SMILES string of the molecule is [C-]#[N+]C12CC(C)[C@@H](O)[C@H](Cc3nc(OC)ccc31)C2=CC. The van der Waals surface area contributed by atoms with Crippen LogP contribution in [0.4, 0.5) is 0 Å². The van der Waals surface area contributed by atoms with Crippen LogP contribution in [-0.2, 0) is 12.0 Å². The number of nitrogens with zero attached hydrogens (tertiary/aromatic N) is 2. The fourth-order valence-corrected chi connectivity index (χ4v) is 4.05.